The molecule has 0 aliphatic rings. The highest BCUT2D eigenvalue weighted by molar-refractivity contribution is 7.15. The van der Waals surface area contributed by atoms with Gasteiger partial charge < -0.3 is 9.47 Å². The average Bonchev–Trinajstić information content (AvgIpc) is 3.18. The van der Waals surface area contributed by atoms with E-state index in [1.807, 2.05) is 60.7 Å². The van der Waals surface area contributed by atoms with Gasteiger partial charge in [0.2, 0.25) is 5.01 Å². The molecule has 0 N–H and O–H groups in total. The zero-order valence-corrected chi connectivity index (χ0v) is 14.9. The molecule has 0 fully saturated rings. The van der Waals surface area contributed by atoms with E-state index in [1.165, 1.54) is 6.20 Å². The molecule has 0 aliphatic carbocycles. The van der Waals surface area contributed by atoms with Crippen LogP contribution in [0.5, 0.6) is 0 Å². The van der Waals surface area contributed by atoms with Crippen LogP contribution in [0, 0.1) is 0 Å². The number of nitrogens with zero attached hydrogens (tertiary/aromatic N) is 1. The van der Waals surface area contributed by atoms with Crippen LogP contribution in [0.1, 0.15) is 43.6 Å². The molecule has 0 amide bonds. The van der Waals surface area contributed by atoms with E-state index in [-0.39, 0.29) is 16.5 Å². The van der Waals surface area contributed by atoms with Crippen molar-refractivity contribution in [3.8, 4) is 0 Å². The van der Waals surface area contributed by atoms with Crippen LogP contribution in [-0.2, 0) is 9.47 Å². The van der Waals surface area contributed by atoms with Gasteiger partial charge in [-0.1, -0.05) is 60.7 Å². The third-order valence-electron chi connectivity index (χ3n) is 3.59. The lowest BCUT2D eigenvalue weighted by molar-refractivity contribution is 0.0377. The van der Waals surface area contributed by atoms with Crippen molar-refractivity contribution in [2.45, 2.75) is 13.0 Å². The first-order valence-corrected chi connectivity index (χ1v) is 8.94. The van der Waals surface area contributed by atoms with Crippen LogP contribution in [-0.4, -0.2) is 23.5 Å². The highest BCUT2D eigenvalue weighted by Crippen LogP contribution is 2.27. The van der Waals surface area contributed by atoms with Gasteiger partial charge in [0.15, 0.2) is 6.10 Å². The van der Waals surface area contributed by atoms with E-state index in [1.54, 1.807) is 6.92 Å². The standard InChI is InChI=1S/C20H17NO4S/c1-2-24-19(22)16-13-21-18(26-16)20(23)25-17(14-9-5-3-6-10-14)15-11-7-4-8-12-15/h3-13,17H,2H2,1H3. The highest BCUT2D eigenvalue weighted by atomic mass is 32.1. The fourth-order valence-electron chi connectivity index (χ4n) is 2.41. The first-order valence-electron chi connectivity index (χ1n) is 8.13. The Morgan fingerprint density at radius 1 is 0.962 bits per heavy atom. The van der Waals surface area contributed by atoms with E-state index in [0.29, 0.717) is 0 Å². The molecule has 0 unspecified atom stereocenters. The summed E-state index contributed by atoms with van der Waals surface area (Å²) in [5.41, 5.74) is 1.71. The van der Waals surface area contributed by atoms with Crippen molar-refractivity contribution in [2.75, 3.05) is 6.61 Å². The van der Waals surface area contributed by atoms with Crippen molar-refractivity contribution >= 4 is 23.3 Å². The number of thiazole rings is 1. The Labute approximate surface area is 155 Å². The molecule has 0 saturated heterocycles. The second-order valence-corrected chi connectivity index (χ2v) is 6.39. The van der Waals surface area contributed by atoms with Crippen molar-refractivity contribution in [3.05, 3.63) is 87.9 Å². The Morgan fingerprint density at radius 2 is 1.54 bits per heavy atom. The summed E-state index contributed by atoms with van der Waals surface area (Å²) in [6, 6.07) is 19.0. The lowest BCUT2D eigenvalue weighted by Gasteiger charge is -2.18. The number of benzene rings is 2. The average molecular weight is 367 g/mol. The zero-order valence-electron chi connectivity index (χ0n) is 14.1. The van der Waals surface area contributed by atoms with Crippen molar-refractivity contribution in [2.24, 2.45) is 0 Å². The van der Waals surface area contributed by atoms with Gasteiger partial charge in [-0.15, -0.1) is 11.3 Å². The molecule has 2 aromatic carbocycles. The summed E-state index contributed by atoms with van der Waals surface area (Å²) in [4.78, 5) is 28.6. The molecule has 0 spiro atoms. The van der Waals surface area contributed by atoms with Crippen LogP contribution in [0.2, 0.25) is 0 Å². The van der Waals surface area contributed by atoms with E-state index in [9.17, 15) is 9.59 Å². The molecule has 6 heteroatoms. The number of hydrogen-bond donors (Lipinski definition) is 0. The lowest BCUT2D eigenvalue weighted by atomic mass is 10.0. The first kappa shape index (κ1) is 17.8. The number of carbonyl (C=O) groups excluding carboxylic acids is 2. The van der Waals surface area contributed by atoms with Gasteiger partial charge in [0.05, 0.1) is 12.8 Å². The van der Waals surface area contributed by atoms with E-state index in [4.69, 9.17) is 9.47 Å². The molecule has 132 valence electrons. The third-order valence-corrected chi connectivity index (χ3v) is 4.54. The Bertz CT molecular complexity index is 838. The maximum atomic E-state index is 12.6. The monoisotopic (exact) mass is 367 g/mol. The van der Waals surface area contributed by atoms with Gasteiger partial charge in [-0.25, -0.2) is 14.6 Å². The molecule has 0 saturated carbocycles. The van der Waals surface area contributed by atoms with Crippen molar-refractivity contribution in [1.82, 2.24) is 4.98 Å². The van der Waals surface area contributed by atoms with Gasteiger partial charge in [0.25, 0.3) is 0 Å². The molecule has 0 radical (unpaired) electrons. The molecular formula is C20H17NO4S. The maximum Gasteiger partial charge on any atom is 0.368 e. The number of rotatable bonds is 6. The van der Waals surface area contributed by atoms with E-state index in [2.05, 4.69) is 4.98 Å². The molecule has 0 aliphatic heterocycles. The van der Waals surface area contributed by atoms with Gasteiger partial charge in [-0.05, 0) is 18.1 Å². The SMILES string of the molecule is CCOC(=O)c1cnc(C(=O)OC(c2ccccc2)c2ccccc2)s1. The Hall–Kier alpha value is -2.99. The van der Waals surface area contributed by atoms with E-state index >= 15 is 0 Å². The van der Waals surface area contributed by atoms with E-state index < -0.39 is 18.0 Å². The maximum absolute atomic E-state index is 12.6. The summed E-state index contributed by atoms with van der Waals surface area (Å²) in [5.74, 6) is -1.07. The highest BCUT2D eigenvalue weighted by Gasteiger charge is 2.23. The number of hydrogen-bond acceptors (Lipinski definition) is 6. The minimum absolute atomic E-state index is 0.116. The summed E-state index contributed by atoms with van der Waals surface area (Å²) >= 11 is 0.961. The minimum atomic E-state index is -0.580. The normalized spacial score (nSPS) is 10.5. The van der Waals surface area contributed by atoms with Crippen LogP contribution in [0.15, 0.2) is 66.9 Å². The van der Waals surface area contributed by atoms with Crippen LogP contribution in [0.25, 0.3) is 0 Å². The van der Waals surface area contributed by atoms with Crippen molar-refractivity contribution < 1.29 is 19.1 Å². The van der Waals surface area contributed by atoms with Crippen LogP contribution >= 0.6 is 11.3 Å². The fourth-order valence-corrected chi connectivity index (χ4v) is 3.10. The molecule has 3 rings (SSSR count). The molecule has 0 atom stereocenters. The fraction of sp³-hybridized carbons (Fsp3) is 0.150. The molecule has 5 nitrogen and oxygen atoms in total. The van der Waals surface area contributed by atoms with Gasteiger partial charge in [0, 0.05) is 0 Å². The Balaban J connectivity index is 1.83. The topological polar surface area (TPSA) is 65.5 Å². The molecular weight excluding hydrogens is 350 g/mol. The minimum Gasteiger partial charge on any atom is -0.462 e. The molecule has 3 aromatic rings. The van der Waals surface area contributed by atoms with Gasteiger partial charge in [0.1, 0.15) is 4.88 Å². The molecule has 26 heavy (non-hydrogen) atoms. The summed E-state index contributed by atoms with van der Waals surface area (Å²) in [7, 11) is 0. The predicted molar refractivity (Wildman–Crippen MR) is 98.2 cm³/mol. The molecule has 0 bridgehead atoms. The number of esters is 2. The van der Waals surface area contributed by atoms with Crippen molar-refractivity contribution in [1.29, 1.82) is 0 Å². The summed E-state index contributed by atoms with van der Waals surface area (Å²) in [6.07, 6.45) is 0.777. The summed E-state index contributed by atoms with van der Waals surface area (Å²) in [6.45, 7) is 1.99. The second kappa shape index (κ2) is 8.40. The molecule has 1 aromatic heterocycles. The predicted octanol–water partition coefficient (Wildman–Crippen LogP) is 4.27. The Kier molecular flexibility index (Phi) is 5.76. The summed E-state index contributed by atoms with van der Waals surface area (Å²) < 4.78 is 10.6. The van der Waals surface area contributed by atoms with Gasteiger partial charge in [-0.2, -0.15) is 0 Å². The largest absolute Gasteiger partial charge is 0.462 e. The summed E-state index contributed by atoms with van der Waals surface area (Å²) in [5, 5.41) is 0.116. The molecule has 1 heterocycles. The Morgan fingerprint density at radius 3 is 2.08 bits per heavy atom. The van der Waals surface area contributed by atoms with Crippen LogP contribution in [0.3, 0.4) is 0 Å². The van der Waals surface area contributed by atoms with Crippen LogP contribution in [0.4, 0.5) is 0 Å². The lowest BCUT2D eigenvalue weighted by Crippen LogP contribution is -2.12. The van der Waals surface area contributed by atoms with Crippen LogP contribution < -0.4 is 0 Å². The van der Waals surface area contributed by atoms with E-state index in [0.717, 1.165) is 22.5 Å². The number of aromatic nitrogens is 1. The number of ether oxygens (including phenoxy) is 2. The van der Waals surface area contributed by atoms with Gasteiger partial charge in [-0.3, -0.25) is 0 Å². The van der Waals surface area contributed by atoms with Crippen molar-refractivity contribution in [3.63, 3.8) is 0 Å². The zero-order chi connectivity index (χ0) is 18.4. The number of carbonyl (C=O) groups is 2. The second-order valence-electron chi connectivity index (χ2n) is 5.36. The smallest absolute Gasteiger partial charge is 0.368 e. The first-order chi connectivity index (χ1) is 12.7. The third kappa shape index (κ3) is 4.15. The quantitative estimate of drug-likeness (QED) is 0.609. The van der Waals surface area contributed by atoms with Gasteiger partial charge >= 0.3 is 11.9 Å².